The fourth-order valence-electron chi connectivity index (χ4n) is 1.61. The number of carbonyl (C=O) groups excluding carboxylic acids is 1. The van der Waals surface area contributed by atoms with Gasteiger partial charge in [0.05, 0.1) is 6.61 Å². The molecule has 2 rings (SSSR count). The number of hydrogen-bond acceptors (Lipinski definition) is 5. The van der Waals surface area contributed by atoms with E-state index in [0.29, 0.717) is 23.9 Å². The first-order chi connectivity index (χ1) is 10.2. The van der Waals surface area contributed by atoms with Crippen LogP contribution in [0.1, 0.15) is 19.1 Å². The summed E-state index contributed by atoms with van der Waals surface area (Å²) < 4.78 is 15.7. The fourth-order valence-corrected chi connectivity index (χ4v) is 1.61. The number of rotatable bonds is 7. The quantitative estimate of drug-likeness (QED) is 0.848. The topological polar surface area (TPSA) is 73.6 Å². The van der Waals surface area contributed by atoms with Crippen molar-refractivity contribution >= 4 is 11.7 Å². The molecule has 0 fully saturated rings. The number of aromatic nitrogens is 1. The Morgan fingerprint density at radius 1 is 1.24 bits per heavy atom. The number of nitrogens with zero attached hydrogens (tertiary/aromatic N) is 1. The second-order valence-electron chi connectivity index (χ2n) is 4.48. The molecule has 0 saturated heterocycles. The molecule has 112 valence electrons. The van der Waals surface area contributed by atoms with Crippen LogP contribution in [0.25, 0.3) is 0 Å². The van der Waals surface area contributed by atoms with Crippen molar-refractivity contribution in [1.82, 2.24) is 5.16 Å². The van der Waals surface area contributed by atoms with Crippen molar-refractivity contribution in [2.75, 3.05) is 18.5 Å². The smallest absolute Gasteiger partial charge is 0.263 e. The van der Waals surface area contributed by atoms with Gasteiger partial charge in [0.15, 0.2) is 12.4 Å². The van der Waals surface area contributed by atoms with Crippen molar-refractivity contribution in [3.8, 4) is 11.5 Å². The lowest BCUT2D eigenvalue weighted by molar-refractivity contribution is -0.118. The molecular formula is C15H18N2O4. The number of benzene rings is 1. The molecule has 0 aliphatic carbocycles. The highest BCUT2D eigenvalue weighted by molar-refractivity contribution is 5.90. The number of nitrogens with one attached hydrogen (secondary N) is 1. The molecule has 1 aromatic heterocycles. The maximum Gasteiger partial charge on any atom is 0.263 e. The SMILES string of the molecule is CCCOc1ccc(OCC(=O)Nc2cc(C)on2)cc1. The van der Waals surface area contributed by atoms with Crippen LogP contribution in [-0.4, -0.2) is 24.3 Å². The van der Waals surface area contributed by atoms with E-state index in [0.717, 1.165) is 12.2 Å². The van der Waals surface area contributed by atoms with Gasteiger partial charge < -0.3 is 19.3 Å². The summed E-state index contributed by atoms with van der Waals surface area (Å²) in [4.78, 5) is 11.7. The second-order valence-corrected chi connectivity index (χ2v) is 4.48. The maximum atomic E-state index is 11.7. The van der Waals surface area contributed by atoms with E-state index in [9.17, 15) is 4.79 Å². The Morgan fingerprint density at radius 3 is 2.48 bits per heavy atom. The predicted molar refractivity (Wildman–Crippen MR) is 77.6 cm³/mol. The zero-order valence-electron chi connectivity index (χ0n) is 12.1. The van der Waals surface area contributed by atoms with E-state index in [1.54, 1.807) is 25.1 Å². The summed E-state index contributed by atoms with van der Waals surface area (Å²) in [5, 5.41) is 6.25. The lowest BCUT2D eigenvalue weighted by Crippen LogP contribution is -2.20. The fraction of sp³-hybridized carbons (Fsp3) is 0.333. The van der Waals surface area contributed by atoms with Crippen molar-refractivity contribution in [3.63, 3.8) is 0 Å². The monoisotopic (exact) mass is 290 g/mol. The molecule has 1 heterocycles. The van der Waals surface area contributed by atoms with Crippen LogP contribution in [0.15, 0.2) is 34.9 Å². The summed E-state index contributed by atoms with van der Waals surface area (Å²) in [7, 11) is 0. The Morgan fingerprint density at radius 2 is 1.90 bits per heavy atom. The molecule has 1 aromatic carbocycles. The number of aryl methyl sites for hydroxylation is 1. The molecule has 1 N–H and O–H groups in total. The zero-order valence-corrected chi connectivity index (χ0v) is 12.1. The van der Waals surface area contributed by atoms with Crippen LogP contribution >= 0.6 is 0 Å². The Kier molecular flexibility index (Phi) is 5.20. The standard InChI is InChI=1S/C15H18N2O4/c1-3-8-19-12-4-6-13(7-5-12)20-10-15(18)16-14-9-11(2)21-17-14/h4-7,9H,3,8,10H2,1-2H3,(H,16,17,18). The normalized spacial score (nSPS) is 10.2. The molecule has 0 unspecified atom stereocenters. The van der Waals surface area contributed by atoms with Crippen LogP contribution in [0.3, 0.4) is 0 Å². The first-order valence-corrected chi connectivity index (χ1v) is 6.76. The summed E-state index contributed by atoms with van der Waals surface area (Å²) in [6, 6.07) is 8.78. The van der Waals surface area contributed by atoms with Crippen molar-refractivity contribution in [3.05, 3.63) is 36.1 Å². The van der Waals surface area contributed by atoms with Crippen molar-refractivity contribution in [2.24, 2.45) is 0 Å². The summed E-state index contributed by atoms with van der Waals surface area (Å²) in [5.74, 6) is 2.10. The van der Waals surface area contributed by atoms with Gasteiger partial charge in [-0.1, -0.05) is 12.1 Å². The first-order valence-electron chi connectivity index (χ1n) is 6.76. The highest BCUT2D eigenvalue weighted by atomic mass is 16.5. The molecule has 0 radical (unpaired) electrons. The van der Waals surface area contributed by atoms with Crippen LogP contribution in [0.2, 0.25) is 0 Å². The van der Waals surface area contributed by atoms with Crippen LogP contribution < -0.4 is 14.8 Å². The summed E-state index contributed by atoms with van der Waals surface area (Å²) >= 11 is 0. The largest absolute Gasteiger partial charge is 0.494 e. The van der Waals surface area contributed by atoms with Gasteiger partial charge in [-0.25, -0.2) is 0 Å². The molecular weight excluding hydrogens is 272 g/mol. The molecule has 21 heavy (non-hydrogen) atoms. The predicted octanol–water partition coefficient (Wildman–Crippen LogP) is 2.79. The average molecular weight is 290 g/mol. The molecule has 6 nitrogen and oxygen atoms in total. The van der Waals surface area contributed by atoms with Gasteiger partial charge in [-0.3, -0.25) is 4.79 Å². The van der Waals surface area contributed by atoms with E-state index in [1.165, 1.54) is 0 Å². The maximum absolute atomic E-state index is 11.7. The highest BCUT2D eigenvalue weighted by Gasteiger charge is 2.07. The van der Waals surface area contributed by atoms with Crippen LogP contribution in [0, 0.1) is 6.92 Å². The third-order valence-corrected chi connectivity index (χ3v) is 2.56. The van der Waals surface area contributed by atoms with Crippen LogP contribution in [0.5, 0.6) is 11.5 Å². The van der Waals surface area contributed by atoms with E-state index in [1.807, 2.05) is 19.1 Å². The van der Waals surface area contributed by atoms with Crippen molar-refractivity contribution < 1.29 is 18.8 Å². The molecule has 1 amide bonds. The van der Waals surface area contributed by atoms with E-state index >= 15 is 0 Å². The molecule has 0 atom stereocenters. The summed E-state index contributed by atoms with van der Waals surface area (Å²) in [6.07, 6.45) is 0.958. The molecule has 0 aliphatic heterocycles. The van der Waals surface area contributed by atoms with E-state index in [4.69, 9.17) is 14.0 Å². The molecule has 2 aromatic rings. The van der Waals surface area contributed by atoms with Crippen molar-refractivity contribution in [1.29, 1.82) is 0 Å². The minimum Gasteiger partial charge on any atom is -0.494 e. The molecule has 6 heteroatoms. The summed E-state index contributed by atoms with van der Waals surface area (Å²) in [6.45, 7) is 4.38. The zero-order chi connectivity index (χ0) is 15.1. The van der Waals surface area contributed by atoms with Gasteiger partial charge in [0, 0.05) is 6.07 Å². The highest BCUT2D eigenvalue weighted by Crippen LogP contribution is 2.17. The van der Waals surface area contributed by atoms with E-state index < -0.39 is 0 Å². The number of carbonyl (C=O) groups is 1. The third-order valence-electron chi connectivity index (χ3n) is 2.56. The molecule has 0 saturated carbocycles. The first kappa shape index (κ1) is 14.9. The van der Waals surface area contributed by atoms with E-state index in [-0.39, 0.29) is 12.5 Å². The molecule has 0 spiro atoms. The lowest BCUT2D eigenvalue weighted by atomic mass is 10.3. The summed E-state index contributed by atoms with van der Waals surface area (Å²) in [5.41, 5.74) is 0. The van der Waals surface area contributed by atoms with Gasteiger partial charge in [0.2, 0.25) is 0 Å². The minimum atomic E-state index is -0.297. The number of hydrogen-bond donors (Lipinski definition) is 1. The van der Waals surface area contributed by atoms with Gasteiger partial charge in [0.25, 0.3) is 5.91 Å². The van der Waals surface area contributed by atoms with Crippen LogP contribution in [-0.2, 0) is 4.79 Å². The number of anilines is 1. The van der Waals surface area contributed by atoms with Gasteiger partial charge in [0.1, 0.15) is 17.3 Å². The molecule has 0 aliphatic rings. The van der Waals surface area contributed by atoms with Gasteiger partial charge in [-0.05, 0) is 37.6 Å². The number of ether oxygens (including phenoxy) is 2. The Bertz CT molecular complexity index is 578. The molecule has 0 bridgehead atoms. The van der Waals surface area contributed by atoms with Crippen LogP contribution in [0.4, 0.5) is 5.82 Å². The minimum absolute atomic E-state index is 0.0962. The Hall–Kier alpha value is -2.50. The Labute approximate surface area is 123 Å². The number of amides is 1. The van der Waals surface area contributed by atoms with Gasteiger partial charge in [-0.15, -0.1) is 0 Å². The average Bonchev–Trinajstić information content (AvgIpc) is 2.89. The van der Waals surface area contributed by atoms with E-state index in [2.05, 4.69) is 10.5 Å². The lowest BCUT2D eigenvalue weighted by Gasteiger charge is -2.07. The van der Waals surface area contributed by atoms with Gasteiger partial charge in [-0.2, -0.15) is 0 Å². The third kappa shape index (κ3) is 4.83. The second kappa shape index (κ2) is 7.33. The van der Waals surface area contributed by atoms with Crippen molar-refractivity contribution in [2.45, 2.75) is 20.3 Å². The Balaban J connectivity index is 1.78. The van der Waals surface area contributed by atoms with Gasteiger partial charge >= 0.3 is 0 Å².